The van der Waals surface area contributed by atoms with Gasteiger partial charge in [0, 0.05) is 30.1 Å². The molecule has 25 heavy (non-hydrogen) atoms. The highest BCUT2D eigenvalue weighted by atomic mass is 16.5. The monoisotopic (exact) mass is 335 g/mol. The van der Waals surface area contributed by atoms with Gasteiger partial charge in [0.1, 0.15) is 17.4 Å². The minimum Gasteiger partial charge on any atom is -0.376 e. The Morgan fingerprint density at radius 2 is 2.36 bits per heavy atom. The van der Waals surface area contributed by atoms with E-state index in [2.05, 4.69) is 32.8 Å². The van der Waals surface area contributed by atoms with E-state index in [1.165, 1.54) is 0 Å². The lowest BCUT2D eigenvalue weighted by Gasteiger charge is -2.32. The predicted octanol–water partition coefficient (Wildman–Crippen LogP) is 2.64. The highest BCUT2D eigenvalue weighted by Crippen LogP contribution is 2.29. The van der Waals surface area contributed by atoms with Gasteiger partial charge in [-0.25, -0.2) is 9.97 Å². The number of likely N-dealkylation sites (N-methyl/N-ethyl adjacent to an activating group) is 1. The van der Waals surface area contributed by atoms with Crippen LogP contribution in [0.15, 0.2) is 24.5 Å². The van der Waals surface area contributed by atoms with Crippen LogP contribution in [0, 0.1) is 11.3 Å². The van der Waals surface area contributed by atoms with Crippen LogP contribution in [0.5, 0.6) is 0 Å². The van der Waals surface area contributed by atoms with Gasteiger partial charge in [-0.15, -0.1) is 0 Å². The maximum atomic E-state index is 9.53. The number of nitrogens with one attached hydrogen (secondary N) is 1. The lowest BCUT2D eigenvalue weighted by Crippen LogP contribution is -2.42. The van der Waals surface area contributed by atoms with Crippen LogP contribution in [-0.2, 0) is 11.2 Å². The average Bonchev–Trinajstić information content (AvgIpc) is 3.05. The summed E-state index contributed by atoms with van der Waals surface area (Å²) in [5.41, 5.74) is 3.26. The zero-order valence-corrected chi connectivity index (χ0v) is 14.3. The van der Waals surface area contributed by atoms with E-state index in [0.717, 1.165) is 66.6 Å². The van der Waals surface area contributed by atoms with Gasteiger partial charge in [-0.2, -0.15) is 5.26 Å². The number of rotatable bonds is 4. The lowest BCUT2D eigenvalue weighted by atomic mass is 9.99. The molecule has 4 heterocycles. The van der Waals surface area contributed by atoms with Crippen LogP contribution in [0.4, 0.5) is 0 Å². The second-order valence-corrected chi connectivity index (χ2v) is 6.44. The van der Waals surface area contributed by atoms with Crippen molar-refractivity contribution in [2.75, 3.05) is 26.2 Å². The molecule has 0 amide bonds. The molecule has 1 aliphatic heterocycles. The molecule has 4 rings (SSSR count). The zero-order chi connectivity index (χ0) is 17.2. The van der Waals surface area contributed by atoms with E-state index in [-0.39, 0.29) is 6.10 Å². The van der Waals surface area contributed by atoms with Gasteiger partial charge in [-0.1, -0.05) is 6.92 Å². The van der Waals surface area contributed by atoms with Crippen LogP contribution in [-0.4, -0.2) is 52.2 Å². The van der Waals surface area contributed by atoms with Gasteiger partial charge in [-0.3, -0.25) is 4.90 Å². The number of pyridine rings is 2. The Labute approximate surface area is 146 Å². The number of H-pyrrole nitrogens is 1. The van der Waals surface area contributed by atoms with Gasteiger partial charge in [0.25, 0.3) is 0 Å². The molecule has 3 aromatic heterocycles. The summed E-state index contributed by atoms with van der Waals surface area (Å²) in [6.07, 6.45) is 5.37. The van der Waals surface area contributed by atoms with Crippen molar-refractivity contribution in [1.29, 1.82) is 5.26 Å². The van der Waals surface area contributed by atoms with Crippen molar-refractivity contribution in [3.8, 4) is 6.07 Å². The summed E-state index contributed by atoms with van der Waals surface area (Å²) in [5.74, 6) is 0. The Morgan fingerprint density at radius 3 is 3.20 bits per heavy atom. The zero-order valence-electron chi connectivity index (χ0n) is 14.3. The summed E-state index contributed by atoms with van der Waals surface area (Å²) in [4.78, 5) is 14.4. The molecule has 128 valence electrons. The van der Waals surface area contributed by atoms with Crippen LogP contribution < -0.4 is 0 Å². The smallest absolute Gasteiger partial charge is 0.144 e. The number of morpholine rings is 1. The molecule has 0 bridgehead atoms. The molecule has 0 spiro atoms. The highest BCUT2D eigenvalue weighted by molar-refractivity contribution is 6.07. The fraction of sp³-hybridized carbons (Fsp3) is 0.421. The molecule has 6 nitrogen and oxygen atoms in total. The first-order valence-corrected chi connectivity index (χ1v) is 8.78. The topological polar surface area (TPSA) is 77.8 Å². The maximum Gasteiger partial charge on any atom is 0.144 e. The molecule has 1 aliphatic rings. The summed E-state index contributed by atoms with van der Waals surface area (Å²) in [7, 11) is 0. The van der Waals surface area contributed by atoms with E-state index in [0.29, 0.717) is 5.69 Å². The van der Waals surface area contributed by atoms with Crippen molar-refractivity contribution in [2.45, 2.75) is 25.9 Å². The Kier molecular flexibility index (Phi) is 4.35. The van der Waals surface area contributed by atoms with Gasteiger partial charge in [0.15, 0.2) is 0 Å². The molecule has 0 radical (unpaired) electrons. The van der Waals surface area contributed by atoms with Crippen molar-refractivity contribution in [1.82, 2.24) is 19.9 Å². The quantitative estimate of drug-likeness (QED) is 0.793. The van der Waals surface area contributed by atoms with Gasteiger partial charge in [0.05, 0.1) is 24.4 Å². The van der Waals surface area contributed by atoms with Gasteiger partial charge < -0.3 is 9.72 Å². The summed E-state index contributed by atoms with van der Waals surface area (Å²) in [5, 5.41) is 11.6. The van der Waals surface area contributed by atoms with Gasteiger partial charge >= 0.3 is 0 Å². The molecule has 0 aromatic carbocycles. The van der Waals surface area contributed by atoms with E-state index >= 15 is 0 Å². The Morgan fingerprint density at radius 1 is 1.44 bits per heavy atom. The standard InChI is InChI=1S/C19H21N5O/c1-2-24-8-9-25-13(12-24)5-6-14-16(10-20)22-11-17-18(14)15-4-3-7-21-19(15)23-17/h3-4,7,11,13H,2,5-6,8-9,12H2,1H3,(H,21,23). The van der Waals surface area contributed by atoms with Crippen LogP contribution in [0.1, 0.15) is 24.6 Å². The molecule has 1 unspecified atom stereocenters. The number of aromatic nitrogens is 3. The summed E-state index contributed by atoms with van der Waals surface area (Å²) in [6, 6.07) is 6.22. The fourth-order valence-corrected chi connectivity index (χ4v) is 3.68. The second kappa shape index (κ2) is 6.79. The highest BCUT2D eigenvalue weighted by Gasteiger charge is 2.21. The number of nitriles is 1. The minimum absolute atomic E-state index is 0.207. The first-order chi connectivity index (χ1) is 12.3. The minimum atomic E-state index is 0.207. The Hall–Kier alpha value is -2.49. The van der Waals surface area contributed by atoms with E-state index in [9.17, 15) is 5.26 Å². The average molecular weight is 335 g/mol. The van der Waals surface area contributed by atoms with Crippen molar-refractivity contribution in [3.63, 3.8) is 0 Å². The van der Waals surface area contributed by atoms with Crippen molar-refractivity contribution in [3.05, 3.63) is 35.8 Å². The van der Waals surface area contributed by atoms with Crippen molar-refractivity contribution >= 4 is 21.9 Å². The predicted molar refractivity (Wildman–Crippen MR) is 96.3 cm³/mol. The van der Waals surface area contributed by atoms with Crippen molar-refractivity contribution in [2.24, 2.45) is 0 Å². The second-order valence-electron chi connectivity index (χ2n) is 6.44. The summed E-state index contributed by atoms with van der Waals surface area (Å²) < 4.78 is 5.92. The molecule has 1 fully saturated rings. The van der Waals surface area contributed by atoms with Gasteiger partial charge in [0.2, 0.25) is 0 Å². The van der Waals surface area contributed by atoms with Gasteiger partial charge in [-0.05, 0) is 37.1 Å². The molecule has 6 heteroatoms. The van der Waals surface area contributed by atoms with E-state index < -0.39 is 0 Å². The number of nitrogens with zero attached hydrogens (tertiary/aromatic N) is 4. The SMILES string of the molecule is CCN1CCOC(CCc2c(C#N)ncc3[nH]c4ncccc4c23)C1. The fourth-order valence-electron chi connectivity index (χ4n) is 3.68. The van der Waals surface area contributed by atoms with Crippen LogP contribution >= 0.6 is 0 Å². The van der Waals surface area contributed by atoms with Crippen LogP contribution in [0.3, 0.4) is 0 Å². The first-order valence-electron chi connectivity index (χ1n) is 8.78. The van der Waals surface area contributed by atoms with E-state index in [4.69, 9.17) is 4.74 Å². The summed E-state index contributed by atoms with van der Waals surface area (Å²) >= 11 is 0. The largest absolute Gasteiger partial charge is 0.376 e. The third-order valence-corrected chi connectivity index (χ3v) is 5.00. The normalized spacial score (nSPS) is 18.6. The molecule has 0 aliphatic carbocycles. The Balaban J connectivity index is 1.69. The molecule has 1 atom stereocenters. The number of aromatic amines is 1. The molecular formula is C19H21N5O. The van der Waals surface area contributed by atoms with E-state index in [1.54, 1.807) is 12.4 Å². The van der Waals surface area contributed by atoms with E-state index in [1.807, 2.05) is 12.1 Å². The molecule has 0 saturated carbocycles. The maximum absolute atomic E-state index is 9.53. The van der Waals surface area contributed by atoms with Crippen molar-refractivity contribution < 1.29 is 4.74 Å². The number of hydrogen-bond acceptors (Lipinski definition) is 5. The molecule has 3 aromatic rings. The number of hydrogen-bond donors (Lipinski definition) is 1. The molecular weight excluding hydrogens is 314 g/mol. The third-order valence-electron chi connectivity index (χ3n) is 5.00. The first kappa shape index (κ1) is 16.0. The lowest BCUT2D eigenvalue weighted by molar-refractivity contribution is -0.0299. The molecule has 1 saturated heterocycles. The van der Waals surface area contributed by atoms with Crippen LogP contribution in [0.2, 0.25) is 0 Å². The number of fused-ring (bicyclic) bond motifs is 3. The third kappa shape index (κ3) is 2.97. The van der Waals surface area contributed by atoms with Crippen LogP contribution in [0.25, 0.3) is 21.9 Å². The summed E-state index contributed by atoms with van der Waals surface area (Å²) in [6.45, 7) is 5.97. The molecule has 1 N–H and O–H groups in total. The Bertz CT molecular complexity index is 942. The number of ether oxygens (including phenoxy) is 1. The number of aryl methyl sites for hydroxylation is 1.